The van der Waals surface area contributed by atoms with Crippen LogP contribution >= 0.6 is 0 Å². The van der Waals surface area contributed by atoms with Crippen molar-refractivity contribution in [3.63, 3.8) is 0 Å². The van der Waals surface area contributed by atoms with E-state index in [0.29, 0.717) is 11.3 Å². The first-order chi connectivity index (χ1) is 11.1. The number of nitro benzene ring substituents is 1. The Labute approximate surface area is 132 Å². The Bertz CT molecular complexity index is 767. The van der Waals surface area contributed by atoms with Crippen molar-refractivity contribution in [1.29, 1.82) is 0 Å². The summed E-state index contributed by atoms with van der Waals surface area (Å²) in [7, 11) is 0. The maximum atomic E-state index is 12.6. The van der Waals surface area contributed by atoms with Gasteiger partial charge in [0.15, 0.2) is 17.3 Å². The van der Waals surface area contributed by atoms with E-state index in [1.165, 1.54) is 12.1 Å². The molecule has 6 heteroatoms. The van der Waals surface area contributed by atoms with Crippen LogP contribution in [0, 0.1) is 10.1 Å². The van der Waals surface area contributed by atoms with E-state index in [9.17, 15) is 14.9 Å². The fourth-order valence-corrected chi connectivity index (χ4v) is 2.53. The zero-order chi connectivity index (χ0) is 16.4. The third-order valence-electron chi connectivity index (χ3n) is 3.69. The van der Waals surface area contributed by atoms with E-state index in [1.807, 2.05) is 12.1 Å². The van der Waals surface area contributed by atoms with E-state index in [0.717, 1.165) is 18.4 Å². The van der Waals surface area contributed by atoms with Gasteiger partial charge in [0.1, 0.15) is 5.56 Å². The molecule has 0 bridgehead atoms. The van der Waals surface area contributed by atoms with Gasteiger partial charge in [-0.25, -0.2) is 0 Å². The summed E-state index contributed by atoms with van der Waals surface area (Å²) < 4.78 is 10.3. The van der Waals surface area contributed by atoms with Crippen molar-refractivity contribution in [2.45, 2.75) is 19.8 Å². The number of nitrogens with zero attached hydrogens (tertiary/aromatic N) is 1. The molecule has 1 heterocycles. The van der Waals surface area contributed by atoms with Crippen molar-refractivity contribution in [2.24, 2.45) is 0 Å². The van der Waals surface area contributed by atoms with E-state index in [-0.39, 0.29) is 23.8 Å². The van der Waals surface area contributed by atoms with Crippen LogP contribution in [-0.2, 0) is 6.42 Å². The lowest BCUT2D eigenvalue weighted by Gasteiger charge is -2.06. The Morgan fingerprint density at radius 2 is 1.83 bits per heavy atom. The van der Waals surface area contributed by atoms with Crippen LogP contribution in [0.4, 0.5) is 5.69 Å². The normalized spacial score (nSPS) is 12.2. The average Bonchev–Trinajstić information content (AvgIpc) is 3.01. The molecule has 0 fully saturated rings. The molecule has 0 saturated heterocycles. The summed E-state index contributed by atoms with van der Waals surface area (Å²) in [6.07, 6.45) is 1.94. The minimum atomic E-state index is -0.583. The Morgan fingerprint density at radius 3 is 2.43 bits per heavy atom. The number of carbonyl (C=O) groups is 1. The molecule has 0 radical (unpaired) electrons. The van der Waals surface area contributed by atoms with Crippen molar-refractivity contribution in [2.75, 3.05) is 6.79 Å². The molecule has 2 aromatic rings. The van der Waals surface area contributed by atoms with Crippen LogP contribution in [0.25, 0.3) is 0 Å². The highest BCUT2D eigenvalue weighted by molar-refractivity contribution is 6.12. The molecule has 0 spiro atoms. The molecule has 1 aliphatic rings. The largest absolute Gasteiger partial charge is 0.454 e. The molecule has 0 atom stereocenters. The molecule has 0 saturated carbocycles. The highest BCUT2D eigenvalue weighted by Gasteiger charge is 2.27. The maximum Gasteiger partial charge on any atom is 0.284 e. The zero-order valence-electron chi connectivity index (χ0n) is 12.6. The van der Waals surface area contributed by atoms with Crippen LogP contribution in [-0.4, -0.2) is 17.5 Å². The Morgan fingerprint density at radius 1 is 1.17 bits per heavy atom. The van der Waals surface area contributed by atoms with Crippen LogP contribution in [0.2, 0.25) is 0 Å². The first-order valence-electron chi connectivity index (χ1n) is 7.32. The molecule has 0 aromatic heterocycles. The lowest BCUT2D eigenvalue weighted by molar-refractivity contribution is -0.385. The molecule has 118 valence electrons. The van der Waals surface area contributed by atoms with E-state index < -0.39 is 10.7 Å². The van der Waals surface area contributed by atoms with Gasteiger partial charge in [-0.1, -0.05) is 37.6 Å². The van der Waals surface area contributed by atoms with Gasteiger partial charge < -0.3 is 9.47 Å². The standard InChI is InChI=1S/C17H15NO5/c1-2-3-11-4-6-12(7-5-11)17(19)13-8-15-16(23-10-22-15)9-14(13)18(20)21/h4-9H,2-3,10H2,1H3. The SMILES string of the molecule is CCCc1ccc(C(=O)c2cc3c(cc2[N+](=O)[O-])OCO3)cc1. The number of nitro groups is 1. The molecule has 6 nitrogen and oxygen atoms in total. The summed E-state index contributed by atoms with van der Waals surface area (Å²) in [5.41, 5.74) is 1.26. The van der Waals surface area contributed by atoms with Gasteiger partial charge in [0.25, 0.3) is 5.69 Å². The number of benzene rings is 2. The average molecular weight is 313 g/mol. The van der Waals surface area contributed by atoms with Crippen molar-refractivity contribution in [3.05, 3.63) is 63.2 Å². The predicted molar refractivity (Wildman–Crippen MR) is 83.1 cm³/mol. The number of carbonyl (C=O) groups excluding carboxylic acids is 1. The fraction of sp³-hybridized carbons (Fsp3) is 0.235. The third-order valence-corrected chi connectivity index (χ3v) is 3.69. The van der Waals surface area contributed by atoms with Crippen LogP contribution in [0.3, 0.4) is 0 Å². The van der Waals surface area contributed by atoms with Crippen molar-refractivity contribution >= 4 is 11.5 Å². The first-order valence-corrected chi connectivity index (χ1v) is 7.32. The molecule has 2 aromatic carbocycles. The summed E-state index contributed by atoms with van der Waals surface area (Å²) >= 11 is 0. The highest BCUT2D eigenvalue weighted by Crippen LogP contribution is 2.38. The number of rotatable bonds is 5. The fourth-order valence-electron chi connectivity index (χ4n) is 2.53. The number of hydrogen-bond donors (Lipinski definition) is 0. The van der Waals surface area contributed by atoms with Gasteiger partial charge in [-0.3, -0.25) is 14.9 Å². The summed E-state index contributed by atoms with van der Waals surface area (Å²) in [4.78, 5) is 23.3. The van der Waals surface area contributed by atoms with Crippen molar-refractivity contribution in [3.8, 4) is 11.5 Å². The van der Waals surface area contributed by atoms with Gasteiger partial charge in [-0.05, 0) is 12.0 Å². The summed E-state index contributed by atoms with van der Waals surface area (Å²) in [6, 6.07) is 9.75. The molecule has 1 aliphatic heterocycles. The molecule has 23 heavy (non-hydrogen) atoms. The summed E-state index contributed by atoms with van der Waals surface area (Å²) in [6.45, 7) is 2.07. The minimum Gasteiger partial charge on any atom is -0.454 e. The lowest BCUT2D eigenvalue weighted by Crippen LogP contribution is -2.06. The third kappa shape index (κ3) is 2.88. The van der Waals surface area contributed by atoms with Crippen LogP contribution in [0.15, 0.2) is 36.4 Å². The minimum absolute atomic E-state index is 0.00231. The Hall–Kier alpha value is -2.89. The number of ether oxygens (including phenoxy) is 2. The van der Waals surface area contributed by atoms with E-state index in [4.69, 9.17) is 9.47 Å². The topological polar surface area (TPSA) is 78.7 Å². The van der Waals surface area contributed by atoms with Gasteiger partial charge >= 0.3 is 0 Å². The van der Waals surface area contributed by atoms with Crippen LogP contribution in [0.1, 0.15) is 34.8 Å². The van der Waals surface area contributed by atoms with E-state index in [1.54, 1.807) is 12.1 Å². The van der Waals surface area contributed by atoms with Crippen LogP contribution < -0.4 is 9.47 Å². The molecule has 0 N–H and O–H groups in total. The predicted octanol–water partition coefficient (Wildman–Crippen LogP) is 3.51. The molecule has 0 aliphatic carbocycles. The van der Waals surface area contributed by atoms with Gasteiger partial charge in [0, 0.05) is 11.6 Å². The second kappa shape index (κ2) is 6.08. The van der Waals surface area contributed by atoms with Crippen LogP contribution in [0.5, 0.6) is 11.5 Å². The van der Waals surface area contributed by atoms with Crippen molar-refractivity contribution in [1.82, 2.24) is 0 Å². The molecular formula is C17H15NO5. The molecular weight excluding hydrogens is 298 g/mol. The molecule has 0 unspecified atom stereocenters. The highest BCUT2D eigenvalue weighted by atomic mass is 16.7. The number of hydrogen-bond acceptors (Lipinski definition) is 5. The number of fused-ring (bicyclic) bond motifs is 1. The summed E-state index contributed by atoms with van der Waals surface area (Å²) in [5.74, 6) is 0.228. The van der Waals surface area contributed by atoms with Gasteiger partial charge in [-0.2, -0.15) is 0 Å². The smallest absolute Gasteiger partial charge is 0.284 e. The first kappa shape index (κ1) is 15.0. The Kier molecular flexibility index (Phi) is 3.97. The zero-order valence-corrected chi connectivity index (χ0v) is 12.6. The van der Waals surface area contributed by atoms with Crippen molar-refractivity contribution < 1.29 is 19.2 Å². The molecule has 3 rings (SSSR count). The van der Waals surface area contributed by atoms with Gasteiger partial charge in [0.2, 0.25) is 6.79 Å². The molecule has 0 amide bonds. The van der Waals surface area contributed by atoms with Gasteiger partial charge in [-0.15, -0.1) is 0 Å². The summed E-state index contributed by atoms with van der Waals surface area (Å²) in [5, 5.41) is 11.3. The quantitative estimate of drug-likeness (QED) is 0.479. The second-order valence-corrected chi connectivity index (χ2v) is 5.26. The Balaban J connectivity index is 1.99. The van der Waals surface area contributed by atoms with E-state index >= 15 is 0 Å². The second-order valence-electron chi connectivity index (χ2n) is 5.26. The number of ketones is 1. The van der Waals surface area contributed by atoms with Gasteiger partial charge in [0.05, 0.1) is 11.0 Å². The number of aryl methyl sites for hydroxylation is 1. The maximum absolute atomic E-state index is 12.6. The lowest BCUT2D eigenvalue weighted by atomic mass is 9.99. The van der Waals surface area contributed by atoms with E-state index in [2.05, 4.69) is 6.92 Å². The monoisotopic (exact) mass is 313 g/mol.